The molecular weight excluding hydrogens is 272 g/mol. The maximum atomic E-state index is 12.3. The number of hydrogen-bond acceptors (Lipinski definition) is 3. The average molecular weight is 300 g/mol. The largest absolute Gasteiger partial charge is 0.479 e. The number of carbonyl (C=O) groups excluding carboxylic acids is 1. The predicted octanol–water partition coefficient (Wildman–Crippen LogP) is 1.82. The Labute approximate surface area is 126 Å². The highest BCUT2D eigenvalue weighted by Crippen LogP contribution is 2.24. The van der Waals surface area contributed by atoms with Gasteiger partial charge in [-0.1, -0.05) is 26.7 Å². The Morgan fingerprint density at radius 2 is 1.90 bits per heavy atom. The number of aliphatic carboxylic acids is 1. The quantitative estimate of drug-likeness (QED) is 0.669. The number of nitrogens with one attached hydrogen (secondary N) is 1. The summed E-state index contributed by atoms with van der Waals surface area (Å²) in [5, 5.41) is 21.1. The topological polar surface area (TPSA) is 89.9 Å². The molecule has 6 nitrogen and oxygen atoms in total. The van der Waals surface area contributed by atoms with Crippen LogP contribution in [0.15, 0.2) is 0 Å². The third-order valence-corrected chi connectivity index (χ3v) is 4.02. The summed E-state index contributed by atoms with van der Waals surface area (Å²) in [4.78, 5) is 25.0. The van der Waals surface area contributed by atoms with Crippen molar-refractivity contribution in [2.24, 2.45) is 5.92 Å². The van der Waals surface area contributed by atoms with Gasteiger partial charge in [-0.15, -0.1) is 0 Å². The number of carboxylic acid groups (broad SMARTS) is 1. The summed E-state index contributed by atoms with van der Waals surface area (Å²) in [7, 11) is 0. The van der Waals surface area contributed by atoms with Gasteiger partial charge < -0.3 is 20.4 Å². The van der Waals surface area contributed by atoms with Crippen LogP contribution < -0.4 is 5.32 Å². The minimum Gasteiger partial charge on any atom is -0.479 e. The van der Waals surface area contributed by atoms with Gasteiger partial charge in [0.2, 0.25) is 0 Å². The Kier molecular flexibility index (Phi) is 6.45. The highest BCUT2D eigenvalue weighted by molar-refractivity contribution is 5.79. The fourth-order valence-electron chi connectivity index (χ4n) is 2.49. The molecule has 1 aliphatic rings. The minimum atomic E-state index is -1.94. The van der Waals surface area contributed by atoms with E-state index in [0.717, 1.165) is 32.1 Å². The minimum absolute atomic E-state index is 0.235. The highest BCUT2D eigenvalue weighted by Gasteiger charge is 2.32. The number of carboxylic acids is 1. The van der Waals surface area contributed by atoms with Gasteiger partial charge in [0.1, 0.15) is 0 Å². The fourth-order valence-corrected chi connectivity index (χ4v) is 2.49. The Bertz CT molecular complexity index is 363. The standard InChI is InChI=1S/C15H28N2O4/c1-11(2)8-9-17(12-6-4-5-7-12)14(20)16-10-15(3,21)13(18)19/h11-12,21H,4-10H2,1-3H3,(H,16,20)(H,18,19). The number of nitrogens with zero attached hydrogens (tertiary/aromatic N) is 1. The molecule has 122 valence electrons. The molecule has 1 fully saturated rings. The summed E-state index contributed by atoms with van der Waals surface area (Å²) in [5.74, 6) is -0.832. The Hall–Kier alpha value is -1.30. The zero-order valence-corrected chi connectivity index (χ0v) is 13.3. The van der Waals surface area contributed by atoms with E-state index in [1.807, 2.05) is 4.90 Å². The lowest BCUT2D eigenvalue weighted by atomic mass is 10.1. The van der Waals surface area contributed by atoms with Crippen LogP contribution in [0.4, 0.5) is 4.79 Å². The molecule has 1 rings (SSSR count). The maximum absolute atomic E-state index is 12.3. The Balaban J connectivity index is 2.60. The van der Waals surface area contributed by atoms with Gasteiger partial charge in [0, 0.05) is 12.6 Å². The second kappa shape index (κ2) is 7.64. The van der Waals surface area contributed by atoms with Crippen LogP contribution in [0.3, 0.4) is 0 Å². The van der Waals surface area contributed by atoms with Gasteiger partial charge in [-0.2, -0.15) is 0 Å². The van der Waals surface area contributed by atoms with Crippen LogP contribution in [-0.2, 0) is 4.79 Å². The van der Waals surface area contributed by atoms with Crippen molar-refractivity contribution in [3.63, 3.8) is 0 Å². The summed E-state index contributed by atoms with van der Waals surface area (Å²) in [6.07, 6.45) is 5.17. The number of carbonyl (C=O) groups is 2. The number of amides is 2. The van der Waals surface area contributed by atoms with E-state index in [2.05, 4.69) is 19.2 Å². The van der Waals surface area contributed by atoms with E-state index in [1.54, 1.807) is 0 Å². The highest BCUT2D eigenvalue weighted by atomic mass is 16.4. The molecule has 0 heterocycles. The summed E-state index contributed by atoms with van der Waals surface area (Å²) in [6, 6.07) is -0.0393. The third kappa shape index (κ3) is 5.53. The zero-order valence-electron chi connectivity index (χ0n) is 13.3. The van der Waals surface area contributed by atoms with E-state index >= 15 is 0 Å². The van der Waals surface area contributed by atoms with Gasteiger partial charge >= 0.3 is 12.0 Å². The van der Waals surface area contributed by atoms with Crippen LogP contribution in [0.5, 0.6) is 0 Å². The lowest BCUT2D eigenvalue weighted by Gasteiger charge is -2.31. The van der Waals surface area contributed by atoms with Crippen LogP contribution in [0.25, 0.3) is 0 Å². The first-order valence-electron chi connectivity index (χ1n) is 7.74. The first kappa shape index (κ1) is 17.8. The summed E-state index contributed by atoms with van der Waals surface area (Å²) >= 11 is 0. The summed E-state index contributed by atoms with van der Waals surface area (Å²) in [5.41, 5.74) is -1.94. The number of aliphatic hydroxyl groups is 1. The van der Waals surface area contributed by atoms with Crippen molar-refractivity contribution in [3.8, 4) is 0 Å². The van der Waals surface area contributed by atoms with Crippen LogP contribution in [0, 0.1) is 5.92 Å². The molecule has 1 unspecified atom stereocenters. The van der Waals surface area contributed by atoms with E-state index in [9.17, 15) is 14.7 Å². The van der Waals surface area contributed by atoms with Gasteiger partial charge in [0.15, 0.2) is 5.60 Å². The van der Waals surface area contributed by atoms with E-state index < -0.39 is 11.6 Å². The first-order chi connectivity index (χ1) is 9.74. The van der Waals surface area contributed by atoms with Crippen molar-refractivity contribution in [3.05, 3.63) is 0 Å². The normalized spacial score (nSPS) is 18.5. The molecule has 0 aromatic rings. The lowest BCUT2D eigenvalue weighted by Crippen LogP contribution is -2.52. The third-order valence-electron chi connectivity index (χ3n) is 4.02. The molecule has 0 bridgehead atoms. The monoisotopic (exact) mass is 300 g/mol. The van der Waals surface area contributed by atoms with Crippen LogP contribution in [0.2, 0.25) is 0 Å². The van der Waals surface area contributed by atoms with E-state index in [0.29, 0.717) is 12.5 Å². The number of urea groups is 1. The second-order valence-corrected chi connectivity index (χ2v) is 6.55. The summed E-state index contributed by atoms with van der Waals surface area (Å²) < 4.78 is 0. The van der Waals surface area contributed by atoms with Crippen LogP contribution >= 0.6 is 0 Å². The van der Waals surface area contributed by atoms with Crippen LogP contribution in [0.1, 0.15) is 52.9 Å². The van der Waals surface area contributed by atoms with E-state index in [1.165, 1.54) is 6.92 Å². The molecule has 2 amide bonds. The van der Waals surface area contributed by atoms with Gasteiger partial charge in [0.05, 0.1) is 6.54 Å². The Morgan fingerprint density at radius 3 is 2.38 bits per heavy atom. The molecule has 0 spiro atoms. The molecule has 0 aromatic heterocycles. The average Bonchev–Trinajstić information content (AvgIpc) is 2.90. The van der Waals surface area contributed by atoms with E-state index in [-0.39, 0.29) is 18.6 Å². The molecule has 1 aliphatic carbocycles. The van der Waals surface area contributed by atoms with Crippen molar-refractivity contribution < 1.29 is 19.8 Å². The zero-order chi connectivity index (χ0) is 16.0. The molecule has 6 heteroatoms. The molecule has 3 N–H and O–H groups in total. The molecule has 0 saturated heterocycles. The van der Waals surface area contributed by atoms with Crippen LogP contribution in [-0.4, -0.2) is 51.8 Å². The van der Waals surface area contributed by atoms with Crippen molar-refractivity contribution in [1.82, 2.24) is 10.2 Å². The molecule has 21 heavy (non-hydrogen) atoms. The van der Waals surface area contributed by atoms with Gasteiger partial charge in [-0.3, -0.25) is 0 Å². The van der Waals surface area contributed by atoms with Gasteiger partial charge in [-0.25, -0.2) is 9.59 Å². The second-order valence-electron chi connectivity index (χ2n) is 6.55. The van der Waals surface area contributed by atoms with Crippen molar-refractivity contribution in [2.45, 2.75) is 64.5 Å². The summed E-state index contributed by atoms with van der Waals surface area (Å²) in [6.45, 7) is 5.79. The first-order valence-corrected chi connectivity index (χ1v) is 7.74. The fraction of sp³-hybridized carbons (Fsp3) is 0.867. The molecule has 1 saturated carbocycles. The van der Waals surface area contributed by atoms with Crippen molar-refractivity contribution in [2.75, 3.05) is 13.1 Å². The molecule has 1 atom stereocenters. The molecular formula is C15H28N2O4. The van der Waals surface area contributed by atoms with E-state index in [4.69, 9.17) is 5.11 Å². The maximum Gasteiger partial charge on any atom is 0.337 e. The van der Waals surface area contributed by atoms with Gasteiger partial charge in [-0.05, 0) is 32.1 Å². The molecule has 0 radical (unpaired) electrons. The number of hydrogen-bond donors (Lipinski definition) is 3. The SMILES string of the molecule is CC(C)CCN(C(=O)NCC(C)(O)C(=O)O)C1CCCC1. The smallest absolute Gasteiger partial charge is 0.337 e. The predicted molar refractivity (Wildman–Crippen MR) is 80.1 cm³/mol. The molecule has 0 aliphatic heterocycles. The number of rotatable bonds is 7. The lowest BCUT2D eigenvalue weighted by molar-refractivity contribution is -0.155. The van der Waals surface area contributed by atoms with Gasteiger partial charge in [0.25, 0.3) is 0 Å². The van der Waals surface area contributed by atoms with Crippen molar-refractivity contribution in [1.29, 1.82) is 0 Å². The molecule has 0 aromatic carbocycles. The van der Waals surface area contributed by atoms with Crippen molar-refractivity contribution >= 4 is 12.0 Å². The Morgan fingerprint density at radius 1 is 1.33 bits per heavy atom.